The second-order valence-corrected chi connectivity index (χ2v) is 29.8. The Kier molecular flexibility index (Phi) is 70.1. The second kappa shape index (κ2) is 71.5. The molecule has 90 heavy (non-hydrogen) atoms. The molecule has 0 heterocycles. The van der Waals surface area contributed by atoms with Crippen molar-refractivity contribution >= 4 is 19.8 Å². The van der Waals surface area contributed by atoms with E-state index >= 15 is 0 Å². The van der Waals surface area contributed by atoms with Gasteiger partial charge in [-0.1, -0.05) is 365 Å². The van der Waals surface area contributed by atoms with E-state index in [0.717, 1.165) is 38.5 Å². The van der Waals surface area contributed by atoms with Crippen molar-refractivity contribution in [3.8, 4) is 0 Å². The number of hydrogen-bond acceptors (Lipinski definition) is 8. The molecule has 0 aromatic heterocycles. The van der Waals surface area contributed by atoms with Crippen molar-refractivity contribution in [3.05, 3.63) is 36.5 Å². The molecule has 9 nitrogen and oxygen atoms in total. The number of phosphoric ester groups is 1. The van der Waals surface area contributed by atoms with Gasteiger partial charge in [0.05, 0.1) is 27.7 Å². The molecule has 0 amide bonds. The normalized spacial score (nSPS) is 13.2. The summed E-state index contributed by atoms with van der Waals surface area (Å²) in [5.41, 5.74) is 0. The molecule has 0 bridgehead atoms. The molecule has 0 spiro atoms. The first-order valence-corrected chi connectivity index (χ1v) is 41.2. The second-order valence-electron chi connectivity index (χ2n) is 28.4. The third-order valence-corrected chi connectivity index (χ3v) is 19.1. The van der Waals surface area contributed by atoms with E-state index < -0.39 is 26.5 Å². The number of esters is 2. The van der Waals surface area contributed by atoms with Crippen LogP contribution >= 0.6 is 7.82 Å². The van der Waals surface area contributed by atoms with Crippen molar-refractivity contribution in [1.82, 2.24) is 0 Å². The van der Waals surface area contributed by atoms with Gasteiger partial charge in [0.1, 0.15) is 19.8 Å². The maximum atomic E-state index is 12.9. The number of likely N-dealkylation sites (N-methyl/N-ethyl adjacent to an activating group) is 1. The zero-order valence-electron chi connectivity index (χ0n) is 60.9. The predicted molar refractivity (Wildman–Crippen MR) is 388 cm³/mol. The van der Waals surface area contributed by atoms with E-state index in [-0.39, 0.29) is 32.0 Å². The predicted octanol–water partition coefficient (Wildman–Crippen LogP) is 25.5. The summed E-state index contributed by atoms with van der Waals surface area (Å²) in [5.74, 6) is -0.807. The van der Waals surface area contributed by atoms with Crippen LogP contribution < -0.4 is 4.89 Å². The lowest BCUT2D eigenvalue weighted by Gasteiger charge is -2.28. The monoisotopic (exact) mass is 1290 g/mol. The van der Waals surface area contributed by atoms with Crippen LogP contribution in [0.1, 0.15) is 412 Å². The number of carbonyl (C=O) groups excluding carboxylic acids is 2. The van der Waals surface area contributed by atoms with Crippen molar-refractivity contribution in [2.75, 3.05) is 47.5 Å². The number of nitrogens with zero attached hydrogens (tertiary/aromatic N) is 1. The quantitative estimate of drug-likeness (QED) is 0.0195. The fourth-order valence-corrected chi connectivity index (χ4v) is 12.8. The van der Waals surface area contributed by atoms with Crippen molar-refractivity contribution in [3.63, 3.8) is 0 Å². The Bertz CT molecular complexity index is 1610. The molecule has 0 aliphatic rings. The highest BCUT2D eigenvalue weighted by atomic mass is 31.2. The molecule has 0 aromatic rings. The summed E-state index contributed by atoms with van der Waals surface area (Å²) in [6, 6.07) is 0. The van der Waals surface area contributed by atoms with Gasteiger partial charge in [0, 0.05) is 12.8 Å². The van der Waals surface area contributed by atoms with Crippen LogP contribution in [0.25, 0.3) is 0 Å². The molecule has 0 aliphatic heterocycles. The van der Waals surface area contributed by atoms with Gasteiger partial charge in [-0.2, -0.15) is 0 Å². The SMILES string of the molecule is CCCCCCC/C=C\C/C=C\CCCCCCCCCCCCCCCCCCCCCCCCCCCC(=O)OC(COC(=O)CCCCCCCCCCCCCCCCCCC/C=C\CCCCCCCCCC)COP(=O)([O-])OCC[N+](C)(C)C. The molecule has 0 rings (SSSR count). The zero-order chi connectivity index (χ0) is 65.5. The minimum absolute atomic E-state index is 0.0272. The Morgan fingerprint density at radius 3 is 0.889 bits per heavy atom. The molecule has 0 radical (unpaired) electrons. The number of carbonyl (C=O) groups is 2. The summed E-state index contributed by atoms with van der Waals surface area (Å²) < 4.78 is 34.4. The highest BCUT2D eigenvalue weighted by molar-refractivity contribution is 7.45. The topological polar surface area (TPSA) is 111 Å². The molecule has 0 aromatic carbocycles. The highest BCUT2D eigenvalue weighted by Crippen LogP contribution is 2.38. The Labute approximate surface area is 561 Å². The van der Waals surface area contributed by atoms with Crippen molar-refractivity contribution in [2.24, 2.45) is 0 Å². The number of rotatable bonds is 75. The van der Waals surface area contributed by atoms with E-state index in [1.54, 1.807) is 0 Å². The average Bonchev–Trinajstić information content (AvgIpc) is 3.58. The van der Waals surface area contributed by atoms with Gasteiger partial charge in [0.25, 0.3) is 7.82 Å². The first kappa shape index (κ1) is 88.2. The molecular formula is C80H154NO8P. The number of phosphoric acid groups is 1. The Hall–Kier alpha value is -1.77. The van der Waals surface area contributed by atoms with E-state index in [1.807, 2.05) is 21.1 Å². The summed E-state index contributed by atoms with van der Waals surface area (Å²) >= 11 is 0. The third kappa shape index (κ3) is 75.3. The van der Waals surface area contributed by atoms with Crippen LogP contribution in [0.5, 0.6) is 0 Å². The Balaban J connectivity index is 3.91. The molecule has 10 heteroatoms. The average molecular weight is 1290 g/mol. The first-order chi connectivity index (χ1) is 44.0. The molecule has 0 fully saturated rings. The standard InChI is InChI=1S/C80H154NO8P/c1-6-8-10-12-14-16-18-20-22-24-26-28-30-32-34-36-37-38-39-40-41-42-43-45-47-49-51-53-55-57-59-61-63-65-67-69-71-73-80(83)89-78(77-88-90(84,85)87-75-74-81(3,4)5)76-86-79(82)72-70-68-66-64-62-60-58-56-54-52-50-48-46-44-35-33-31-29-27-25-23-21-19-17-15-13-11-9-7-2/h18,20,24-27,78H,6-17,19,21-23,28-77H2,1-5H3/b20-18-,26-24-,27-25-. The van der Waals surface area contributed by atoms with Gasteiger partial charge in [-0.15, -0.1) is 0 Å². The van der Waals surface area contributed by atoms with Crippen molar-refractivity contribution in [1.29, 1.82) is 0 Å². The fourth-order valence-electron chi connectivity index (χ4n) is 12.0. The first-order valence-electron chi connectivity index (χ1n) is 39.7. The number of quaternary nitrogens is 1. The summed E-state index contributed by atoms with van der Waals surface area (Å²) in [6.07, 6.45) is 92.7. The van der Waals surface area contributed by atoms with Gasteiger partial charge >= 0.3 is 11.9 Å². The Morgan fingerprint density at radius 1 is 0.344 bits per heavy atom. The minimum atomic E-state index is -4.64. The van der Waals surface area contributed by atoms with Gasteiger partial charge < -0.3 is 27.9 Å². The third-order valence-electron chi connectivity index (χ3n) is 18.1. The lowest BCUT2D eigenvalue weighted by molar-refractivity contribution is -0.870. The molecule has 0 saturated heterocycles. The van der Waals surface area contributed by atoms with Gasteiger partial charge in [-0.3, -0.25) is 14.2 Å². The minimum Gasteiger partial charge on any atom is -0.756 e. The number of ether oxygens (including phenoxy) is 2. The Morgan fingerprint density at radius 2 is 0.600 bits per heavy atom. The van der Waals surface area contributed by atoms with Crippen LogP contribution in [0.15, 0.2) is 36.5 Å². The summed E-state index contributed by atoms with van der Waals surface area (Å²) in [5, 5.41) is 0. The van der Waals surface area contributed by atoms with E-state index in [0.29, 0.717) is 17.4 Å². The molecule has 0 saturated carbocycles. The molecular weight excluding hydrogens is 1130 g/mol. The molecule has 2 unspecified atom stereocenters. The molecule has 532 valence electrons. The molecule has 0 N–H and O–H groups in total. The van der Waals surface area contributed by atoms with Crippen LogP contribution in [0.3, 0.4) is 0 Å². The van der Waals surface area contributed by atoms with E-state index in [4.69, 9.17) is 18.5 Å². The van der Waals surface area contributed by atoms with Crippen LogP contribution in [0, 0.1) is 0 Å². The highest BCUT2D eigenvalue weighted by Gasteiger charge is 2.22. The maximum Gasteiger partial charge on any atom is 0.306 e. The lowest BCUT2D eigenvalue weighted by atomic mass is 10.0. The molecule has 0 aliphatic carbocycles. The fraction of sp³-hybridized carbons (Fsp3) is 0.900. The van der Waals surface area contributed by atoms with Crippen molar-refractivity contribution < 1.29 is 42.1 Å². The number of allylic oxidation sites excluding steroid dienone is 6. The summed E-state index contributed by atoms with van der Waals surface area (Å²) in [7, 11) is 1.19. The number of unbranched alkanes of at least 4 members (excludes halogenated alkanes) is 55. The summed E-state index contributed by atoms with van der Waals surface area (Å²) in [6.45, 7) is 4.31. The van der Waals surface area contributed by atoms with E-state index in [1.165, 1.54) is 340 Å². The van der Waals surface area contributed by atoms with Gasteiger partial charge in [0.2, 0.25) is 0 Å². The van der Waals surface area contributed by atoms with Gasteiger partial charge in [-0.05, 0) is 70.6 Å². The van der Waals surface area contributed by atoms with Crippen LogP contribution in [-0.4, -0.2) is 70.0 Å². The smallest absolute Gasteiger partial charge is 0.306 e. The van der Waals surface area contributed by atoms with Gasteiger partial charge in [0.15, 0.2) is 6.10 Å². The van der Waals surface area contributed by atoms with Crippen LogP contribution in [0.4, 0.5) is 0 Å². The van der Waals surface area contributed by atoms with Crippen LogP contribution in [0.2, 0.25) is 0 Å². The van der Waals surface area contributed by atoms with Crippen LogP contribution in [-0.2, 0) is 32.7 Å². The van der Waals surface area contributed by atoms with Gasteiger partial charge in [-0.25, -0.2) is 0 Å². The zero-order valence-corrected chi connectivity index (χ0v) is 61.8. The van der Waals surface area contributed by atoms with Crippen molar-refractivity contribution in [2.45, 2.75) is 418 Å². The summed E-state index contributed by atoms with van der Waals surface area (Å²) in [4.78, 5) is 38.2. The number of hydrogen-bond donors (Lipinski definition) is 0. The lowest BCUT2D eigenvalue weighted by Crippen LogP contribution is -2.37. The van der Waals surface area contributed by atoms with E-state index in [9.17, 15) is 19.0 Å². The molecule has 2 atom stereocenters. The largest absolute Gasteiger partial charge is 0.756 e. The van der Waals surface area contributed by atoms with E-state index in [2.05, 4.69) is 50.3 Å². The maximum absolute atomic E-state index is 12.9.